The Balaban J connectivity index is 1.27. The Labute approximate surface area is 194 Å². The van der Waals surface area contributed by atoms with E-state index in [1.807, 2.05) is 29.2 Å². The molecule has 32 heavy (non-hydrogen) atoms. The van der Waals surface area contributed by atoms with Crippen molar-refractivity contribution in [2.24, 2.45) is 0 Å². The molecule has 0 saturated carbocycles. The van der Waals surface area contributed by atoms with Crippen molar-refractivity contribution in [3.63, 3.8) is 0 Å². The minimum Gasteiger partial charge on any atom is -0.366 e. The number of likely N-dealkylation sites (tertiary alicyclic amines) is 1. The fourth-order valence-electron chi connectivity index (χ4n) is 4.45. The highest BCUT2D eigenvalue weighted by molar-refractivity contribution is 6.34. The third kappa shape index (κ3) is 5.53. The molecule has 2 fully saturated rings. The molecule has 0 unspecified atom stereocenters. The molecule has 3 amide bonds. The smallest absolute Gasteiger partial charge is 0.319 e. The van der Waals surface area contributed by atoms with Gasteiger partial charge in [-0.2, -0.15) is 0 Å². The molecule has 2 aromatic carbocycles. The summed E-state index contributed by atoms with van der Waals surface area (Å²) in [4.78, 5) is 29.1. The molecule has 2 heterocycles. The van der Waals surface area contributed by atoms with E-state index in [1.165, 1.54) is 5.56 Å². The van der Waals surface area contributed by atoms with Gasteiger partial charge >= 0.3 is 6.03 Å². The first-order chi connectivity index (χ1) is 15.6. The highest BCUT2D eigenvalue weighted by Crippen LogP contribution is 2.34. The second-order valence-electron chi connectivity index (χ2n) is 8.25. The van der Waals surface area contributed by atoms with Crippen LogP contribution < -0.4 is 20.9 Å². The second kappa shape index (κ2) is 10.7. The summed E-state index contributed by atoms with van der Waals surface area (Å²) in [5, 5.41) is 9.49. The molecule has 0 aromatic heterocycles. The SMILES string of the molecule is O=C(NCC(=O)N1CCC(c2ccccc2)CC1)Nc1cccc(Cl)c1N1CCNCC1. The highest BCUT2D eigenvalue weighted by atomic mass is 35.5. The van der Waals surface area contributed by atoms with Gasteiger partial charge in [-0.25, -0.2) is 4.79 Å². The number of urea groups is 1. The number of carbonyl (C=O) groups excluding carboxylic acids is 2. The van der Waals surface area contributed by atoms with Crippen LogP contribution >= 0.6 is 11.6 Å². The van der Waals surface area contributed by atoms with Crippen LogP contribution in [-0.2, 0) is 4.79 Å². The van der Waals surface area contributed by atoms with Crippen LogP contribution in [0.2, 0.25) is 5.02 Å². The van der Waals surface area contributed by atoms with E-state index in [4.69, 9.17) is 11.6 Å². The van der Waals surface area contributed by atoms with E-state index in [9.17, 15) is 9.59 Å². The zero-order valence-electron chi connectivity index (χ0n) is 18.1. The van der Waals surface area contributed by atoms with Gasteiger partial charge < -0.3 is 25.8 Å². The fourth-order valence-corrected chi connectivity index (χ4v) is 4.74. The van der Waals surface area contributed by atoms with Crippen molar-refractivity contribution in [1.82, 2.24) is 15.5 Å². The minimum atomic E-state index is -0.406. The normalized spacial score (nSPS) is 17.2. The number of piperazine rings is 1. The van der Waals surface area contributed by atoms with E-state index in [2.05, 4.69) is 45.1 Å². The van der Waals surface area contributed by atoms with Crippen LogP contribution in [0.4, 0.5) is 16.2 Å². The van der Waals surface area contributed by atoms with Gasteiger partial charge in [-0.05, 0) is 36.5 Å². The van der Waals surface area contributed by atoms with Gasteiger partial charge in [-0.15, -0.1) is 0 Å². The number of benzene rings is 2. The average molecular weight is 456 g/mol. The number of piperidine rings is 1. The first-order valence-corrected chi connectivity index (χ1v) is 11.6. The van der Waals surface area contributed by atoms with Crippen molar-refractivity contribution in [1.29, 1.82) is 0 Å². The molecule has 170 valence electrons. The summed E-state index contributed by atoms with van der Waals surface area (Å²) in [6, 6.07) is 15.5. The van der Waals surface area contributed by atoms with E-state index in [0.717, 1.165) is 44.7 Å². The van der Waals surface area contributed by atoms with Gasteiger partial charge in [0.1, 0.15) is 0 Å². The average Bonchev–Trinajstić information content (AvgIpc) is 2.84. The van der Waals surface area contributed by atoms with E-state index < -0.39 is 6.03 Å². The van der Waals surface area contributed by atoms with Gasteiger partial charge in [0.05, 0.1) is 22.9 Å². The van der Waals surface area contributed by atoms with Crippen molar-refractivity contribution >= 4 is 34.9 Å². The predicted molar refractivity (Wildman–Crippen MR) is 129 cm³/mol. The Bertz CT molecular complexity index is 925. The molecular weight excluding hydrogens is 426 g/mol. The number of rotatable bonds is 5. The van der Waals surface area contributed by atoms with Gasteiger partial charge in [-0.3, -0.25) is 4.79 Å². The summed E-state index contributed by atoms with van der Waals surface area (Å²) in [7, 11) is 0. The van der Waals surface area contributed by atoms with E-state index in [0.29, 0.717) is 29.7 Å². The first-order valence-electron chi connectivity index (χ1n) is 11.2. The maximum atomic E-state index is 12.6. The maximum absolute atomic E-state index is 12.6. The predicted octanol–water partition coefficient (Wildman–Crippen LogP) is 3.28. The number of hydrogen-bond donors (Lipinski definition) is 3. The highest BCUT2D eigenvalue weighted by Gasteiger charge is 2.24. The zero-order chi connectivity index (χ0) is 22.3. The lowest BCUT2D eigenvalue weighted by atomic mass is 9.89. The van der Waals surface area contributed by atoms with Crippen molar-refractivity contribution in [2.75, 3.05) is 56.0 Å². The van der Waals surface area contributed by atoms with Gasteiger partial charge in [-0.1, -0.05) is 48.0 Å². The Kier molecular flexibility index (Phi) is 7.50. The number of halogens is 1. The van der Waals surface area contributed by atoms with Crippen molar-refractivity contribution in [3.8, 4) is 0 Å². The van der Waals surface area contributed by atoms with Crippen LogP contribution in [0.15, 0.2) is 48.5 Å². The number of anilines is 2. The molecule has 3 N–H and O–H groups in total. The lowest BCUT2D eigenvalue weighted by Crippen LogP contribution is -2.45. The standard InChI is InChI=1S/C24H30ClN5O2/c25-20-7-4-8-21(23(20)30-15-11-26-12-16-30)28-24(32)27-17-22(31)29-13-9-19(10-14-29)18-5-2-1-3-6-18/h1-8,19,26H,9-17H2,(H2,27,28,32). The minimum absolute atomic E-state index is 0.0225. The molecule has 0 atom stereocenters. The molecule has 2 aromatic rings. The van der Waals surface area contributed by atoms with Crippen molar-refractivity contribution in [2.45, 2.75) is 18.8 Å². The maximum Gasteiger partial charge on any atom is 0.319 e. The van der Waals surface area contributed by atoms with Crippen LogP contribution in [0, 0.1) is 0 Å². The lowest BCUT2D eigenvalue weighted by Gasteiger charge is -2.32. The third-order valence-electron chi connectivity index (χ3n) is 6.19. The Morgan fingerprint density at radius 2 is 1.69 bits per heavy atom. The summed E-state index contributed by atoms with van der Waals surface area (Å²) in [6.45, 7) is 4.77. The number of hydrogen-bond acceptors (Lipinski definition) is 4. The van der Waals surface area contributed by atoms with Crippen LogP contribution in [0.5, 0.6) is 0 Å². The molecule has 0 bridgehead atoms. The van der Waals surface area contributed by atoms with Crippen molar-refractivity contribution < 1.29 is 9.59 Å². The van der Waals surface area contributed by atoms with Crippen LogP contribution in [-0.4, -0.2) is 62.7 Å². The van der Waals surface area contributed by atoms with E-state index in [-0.39, 0.29) is 12.5 Å². The molecule has 0 spiro atoms. The molecule has 7 nitrogen and oxygen atoms in total. The van der Waals surface area contributed by atoms with Crippen LogP contribution in [0.3, 0.4) is 0 Å². The van der Waals surface area contributed by atoms with Gasteiger partial charge in [0.15, 0.2) is 0 Å². The first kappa shape index (κ1) is 22.4. The number of nitrogens with one attached hydrogen (secondary N) is 3. The monoisotopic (exact) mass is 455 g/mol. The fraction of sp³-hybridized carbons (Fsp3) is 0.417. The quantitative estimate of drug-likeness (QED) is 0.646. The molecular formula is C24H30ClN5O2. The van der Waals surface area contributed by atoms with Gasteiger partial charge in [0.2, 0.25) is 5.91 Å². The summed E-state index contributed by atoms with van der Waals surface area (Å²) in [6.07, 6.45) is 1.89. The molecule has 2 aliphatic heterocycles. The Hall–Kier alpha value is -2.77. The number of carbonyl (C=O) groups is 2. The van der Waals surface area contributed by atoms with E-state index in [1.54, 1.807) is 0 Å². The van der Waals surface area contributed by atoms with Gasteiger partial charge in [0, 0.05) is 39.3 Å². The van der Waals surface area contributed by atoms with Gasteiger partial charge in [0.25, 0.3) is 0 Å². The lowest BCUT2D eigenvalue weighted by molar-refractivity contribution is -0.131. The van der Waals surface area contributed by atoms with Crippen LogP contribution in [0.1, 0.15) is 24.3 Å². The van der Waals surface area contributed by atoms with Crippen LogP contribution in [0.25, 0.3) is 0 Å². The topological polar surface area (TPSA) is 76.7 Å². The Morgan fingerprint density at radius 3 is 2.41 bits per heavy atom. The summed E-state index contributed by atoms with van der Waals surface area (Å²) in [5.74, 6) is 0.433. The largest absolute Gasteiger partial charge is 0.366 e. The molecule has 8 heteroatoms. The molecule has 0 aliphatic carbocycles. The number of nitrogens with zero attached hydrogens (tertiary/aromatic N) is 2. The van der Waals surface area contributed by atoms with Crippen molar-refractivity contribution in [3.05, 3.63) is 59.1 Å². The summed E-state index contributed by atoms with van der Waals surface area (Å²) < 4.78 is 0. The Morgan fingerprint density at radius 1 is 0.969 bits per heavy atom. The molecule has 2 saturated heterocycles. The van der Waals surface area contributed by atoms with E-state index >= 15 is 0 Å². The second-order valence-corrected chi connectivity index (χ2v) is 8.65. The molecule has 4 rings (SSSR count). The summed E-state index contributed by atoms with van der Waals surface area (Å²) in [5.41, 5.74) is 2.80. The zero-order valence-corrected chi connectivity index (χ0v) is 18.9. The number of amides is 3. The molecule has 0 radical (unpaired) electrons. The third-order valence-corrected chi connectivity index (χ3v) is 6.49. The number of para-hydroxylation sites is 1. The summed E-state index contributed by atoms with van der Waals surface area (Å²) >= 11 is 6.44. The molecule has 2 aliphatic rings.